The highest BCUT2D eigenvalue weighted by Crippen LogP contribution is 2.19. The first-order valence-corrected chi connectivity index (χ1v) is 6.99. The fourth-order valence-electron chi connectivity index (χ4n) is 2.25. The van der Waals surface area contributed by atoms with Gasteiger partial charge in [-0.15, -0.1) is 0 Å². The maximum atomic E-state index is 4.53. The first kappa shape index (κ1) is 13.8. The molecule has 0 bridgehead atoms. The molecule has 2 rings (SSSR count). The molecule has 0 amide bonds. The predicted octanol–water partition coefficient (Wildman–Crippen LogP) is 2.12. The molecule has 0 fully saturated rings. The summed E-state index contributed by atoms with van der Waals surface area (Å²) in [7, 11) is 2.02. The number of hydrogen-bond donors (Lipinski definition) is 1. The van der Waals surface area contributed by atoms with E-state index in [0.29, 0.717) is 0 Å². The molecule has 2 aromatic heterocycles. The fourth-order valence-corrected chi connectivity index (χ4v) is 2.25. The van der Waals surface area contributed by atoms with Gasteiger partial charge in [0.25, 0.3) is 0 Å². The number of aromatic nitrogens is 4. The molecule has 1 N–H and O–H groups in total. The Labute approximate surface area is 114 Å². The topological polar surface area (TPSA) is 47.7 Å². The van der Waals surface area contributed by atoms with Crippen LogP contribution in [-0.4, -0.2) is 25.6 Å². The molecule has 0 saturated heterocycles. The van der Waals surface area contributed by atoms with Gasteiger partial charge >= 0.3 is 0 Å². The van der Waals surface area contributed by atoms with E-state index < -0.39 is 0 Å². The second kappa shape index (κ2) is 6.52. The van der Waals surface area contributed by atoms with Crippen LogP contribution in [0.25, 0.3) is 0 Å². The maximum absolute atomic E-state index is 4.53. The number of nitrogens with one attached hydrogen (secondary N) is 1. The highest BCUT2D eigenvalue weighted by Gasteiger charge is 2.21. The monoisotopic (exact) mass is 261 g/mol. The van der Waals surface area contributed by atoms with Crippen molar-refractivity contribution in [2.75, 3.05) is 6.54 Å². The molecule has 2 aromatic rings. The third-order valence-corrected chi connectivity index (χ3v) is 3.19. The smallest absolute Gasteiger partial charge is 0.133 e. The van der Waals surface area contributed by atoms with Gasteiger partial charge in [-0.1, -0.05) is 13.8 Å². The number of hydrogen-bond acceptors (Lipinski definition) is 3. The first-order chi connectivity index (χ1) is 9.27. The Morgan fingerprint density at radius 3 is 2.47 bits per heavy atom. The number of imidazole rings is 2. The number of rotatable bonds is 7. The fraction of sp³-hybridized carbons (Fsp3) is 0.571. The van der Waals surface area contributed by atoms with Crippen molar-refractivity contribution >= 4 is 0 Å². The predicted molar refractivity (Wildman–Crippen MR) is 75.9 cm³/mol. The lowest BCUT2D eigenvalue weighted by Gasteiger charge is -2.19. The molecule has 5 nitrogen and oxygen atoms in total. The maximum Gasteiger partial charge on any atom is 0.133 e. The van der Waals surface area contributed by atoms with E-state index in [0.717, 1.165) is 37.6 Å². The molecule has 2 heterocycles. The summed E-state index contributed by atoms with van der Waals surface area (Å²) in [5.74, 6) is 2.06. The van der Waals surface area contributed by atoms with Gasteiger partial charge in [0.05, 0.1) is 0 Å². The van der Waals surface area contributed by atoms with Crippen molar-refractivity contribution in [3.8, 4) is 0 Å². The minimum atomic E-state index is 0.0569. The lowest BCUT2D eigenvalue weighted by Crippen LogP contribution is -2.28. The highest BCUT2D eigenvalue weighted by molar-refractivity contribution is 5.13. The zero-order chi connectivity index (χ0) is 13.7. The zero-order valence-corrected chi connectivity index (χ0v) is 12.0. The van der Waals surface area contributed by atoms with Crippen molar-refractivity contribution in [2.45, 2.75) is 39.3 Å². The summed E-state index contributed by atoms with van der Waals surface area (Å²) in [5.41, 5.74) is 0. The van der Waals surface area contributed by atoms with Gasteiger partial charge in [-0.3, -0.25) is 0 Å². The molecule has 0 saturated carbocycles. The van der Waals surface area contributed by atoms with E-state index in [2.05, 4.69) is 38.3 Å². The molecular weight excluding hydrogens is 238 g/mol. The van der Waals surface area contributed by atoms with Gasteiger partial charge in [0.2, 0.25) is 0 Å². The van der Waals surface area contributed by atoms with Crippen molar-refractivity contribution in [2.24, 2.45) is 7.05 Å². The molecule has 1 atom stereocenters. The van der Waals surface area contributed by atoms with Gasteiger partial charge in [-0.25, -0.2) is 9.97 Å². The first-order valence-electron chi connectivity index (χ1n) is 6.99. The van der Waals surface area contributed by atoms with Gasteiger partial charge in [0.1, 0.15) is 17.7 Å². The Morgan fingerprint density at radius 1 is 1.11 bits per heavy atom. The van der Waals surface area contributed by atoms with Crippen LogP contribution in [0.5, 0.6) is 0 Å². The summed E-state index contributed by atoms with van der Waals surface area (Å²) >= 11 is 0. The molecule has 0 aliphatic heterocycles. The minimum Gasteiger partial charge on any atom is -0.336 e. The van der Waals surface area contributed by atoms with Gasteiger partial charge < -0.3 is 14.5 Å². The van der Waals surface area contributed by atoms with E-state index in [4.69, 9.17) is 0 Å². The summed E-state index contributed by atoms with van der Waals surface area (Å²) < 4.78 is 4.26. The normalized spacial score (nSPS) is 12.8. The van der Waals surface area contributed by atoms with Gasteiger partial charge in [0, 0.05) is 38.4 Å². The van der Waals surface area contributed by atoms with Crippen molar-refractivity contribution in [1.82, 2.24) is 24.4 Å². The lowest BCUT2D eigenvalue weighted by molar-refractivity contribution is 0.501. The van der Waals surface area contributed by atoms with Crippen molar-refractivity contribution < 1.29 is 0 Å². The van der Waals surface area contributed by atoms with Crippen molar-refractivity contribution in [3.63, 3.8) is 0 Å². The van der Waals surface area contributed by atoms with Crippen LogP contribution in [0.1, 0.15) is 44.4 Å². The lowest BCUT2D eigenvalue weighted by atomic mass is 10.2. The quantitative estimate of drug-likeness (QED) is 0.830. The third kappa shape index (κ3) is 3.04. The van der Waals surface area contributed by atoms with Crippen LogP contribution in [0.3, 0.4) is 0 Å². The molecule has 5 heteroatoms. The van der Waals surface area contributed by atoms with Crippen LogP contribution in [0, 0.1) is 0 Å². The van der Waals surface area contributed by atoms with E-state index in [9.17, 15) is 0 Å². The summed E-state index contributed by atoms with van der Waals surface area (Å²) in [5, 5.41) is 3.55. The molecular formula is C14H23N5. The Balaban J connectivity index is 2.31. The van der Waals surface area contributed by atoms with Crippen molar-refractivity contribution in [3.05, 3.63) is 36.4 Å². The number of nitrogens with zero attached hydrogens (tertiary/aromatic N) is 4. The van der Waals surface area contributed by atoms with E-state index >= 15 is 0 Å². The van der Waals surface area contributed by atoms with Gasteiger partial charge in [0.15, 0.2) is 0 Å². The largest absolute Gasteiger partial charge is 0.336 e. The Morgan fingerprint density at radius 2 is 1.84 bits per heavy atom. The third-order valence-electron chi connectivity index (χ3n) is 3.19. The molecule has 1 unspecified atom stereocenters. The van der Waals surface area contributed by atoms with Gasteiger partial charge in [-0.05, 0) is 19.4 Å². The summed E-state index contributed by atoms with van der Waals surface area (Å²) in [4.78, 5) is 9.01. The van der Waals surface area contributed by atoms with E-state index in [-0.39, 0.29) is 6.04 Å². The average molecular weight is 261 g/mol. The Kier molecular flexibility index (Phi) is 4.74. The van der Waals surface area contributed by atoms with E-state index in [1.807, 2.05) is 31.8 Å². The summed E-state index contributed by atoms with van der Waals surface area (Å²) in [6, 6.07) is 0.0569. The summed E-state index contributed by atoms with van der Waals surface area (Å²) in [6.07, 6.45) is 9.92. The highest BCUT2D eigenvalue weighted by atomic mass is 15.2. The Hall–Kier alpha value is -1.62. The molecule has 0 aliphatic rings. The zero-order valence-electron chi connectivity index (χ0n) is 12.0. The molecule has 0 radical (unpaired) electrons. The van der Waals surface area contributed by atoms with Crippen LogP contribution in [0.2, 0.25) is 0 Å². The average Bonchev–Trinajstić information content (AvgIpc) is 3.01. The van der Waals surface area contributed by atoms with Gasteiger partial charge in [-0.2, -0.15) is 0 Å². The van der Waals surface area contributed by atoms with Crippen LogP contribution in [-0.2, 0) is 13.6 Å². The van der Waals surface area contributed by atoms with Crippen LogP contribution in [0.4, 0.5) is 0 Å². The molecule has 19 heavy (non-hydrogen) atoms. The summed E-state index contributed by atoms with van der Waals surface area (Å²) in [6.45, 7) is 6.29. The second-order valence-corrected chi connectivity index (χ2v) is 4.76. The van der Waals surface area contributed by atoms with Crippen LogP contribution < -0.4 is 5.32 Å². The van der Waals surface area contributed by atoms with Crippen LogP contribution in [0.15, 0.2) is 24.8 Å². The van der Waals surface area contributed by atoms with E-state index in [1.165, 1.54) is 0 Å². The SMILES string of the molecule is CCCNC(c1nccn1C)c1nccn1CCC. The minimum absolute atomic E-state index is 0.0569. The van der Waals surface area contributed by atoms with E-state index in [1.54, 1.807) is 0 Å². The molecule has 104 valence electrons. The van der Waals surface area contributed by atoms with Crippen LogP contribution >= 0.6 is 0 Å². The standard InChI is InChI=1S/C14H23N5/c1-4-6-15-12(13-16-7-10-18(13)3)14-17-8-11-19(14)9-5-2/h7-8,10-12,15H,4-6,9H2,1-3H3. The second-order valence-electron chi connectivity index (χ2n) is 4.76. The molecule has 0 aromatic carbocycles. The Bertz CT molecular complexity index is 499. The van der Waals surface area contributed by atoms with Crippen molar-refractivity contribution in [1.29, 1.82) is 0 Å². The molecule has 0 spiro atoms. The number of aryl methyl sites for hydroxylation is 2. The molecule has 0 aliphatic carbocycles.